The second-order valence-electron chi connectivity index (χ2n) is 5.44. The van der Waals surface area contributed by atoms with Crippen molar-refractivity contribution in [1.82, 2.24) is 10.4 Å². The highest BCUT2D eigenvalue weighted by Crippen LogP contribution is 2.18. The van der Waals surface area contributed by atoms with Gasteiger partial charge in [0, 0.05) is 11.1 Å². The molecule has 0 unspecified atom stereocenters. The second kappa shape index (κ2) is 6.40. The summed E-state index contributed by atoms with van der Waals surface area (Å²) in [6.07, 6.45) is 1.63. The fraction of sp³-hybridized carbons (Fsp3) is 0.105. The van der Waals surface area contributed by atoms with Gasteiger partial charge in [0.2, 0.25) is 0 Å². The molecule has 2 aromatic carbocycles. The van der Waals surface area contributed by atoms with E-state index in [1.54, 1.807) is 12.3 Å². The van der Waals surface area contributed by atoms with Crippen LogP contribution in [0.4, 0.5) is 0 Å². The van der Waals surface area contributed by atoms with Crippen molar-refractivity contribution in [3.63, 3.8) is 0 Å². The maximum atomic E-state index is 12.4. The number of hydrogen-bond acceptors (Lipinski definition) is 3. The molecule has 0 bridgehead atoms. The molecule has 0 fully saturated rings. The summed E-state index contributed by atoms with van der Waals surface area (Å²) in [4.78, 5) is 16.8. The predicted octanol–water partition coefficient (Wildman–Crippen LogP) is 3.62. The van der Waals surface area contributed by atoms with Gasteiger partial charge in [-0.15, -0.1) is 0 Å². The number of fused-ring (bicyclic) bond motifs is 1. The van der Waals surface area contributed by atoms with Crippen LogP contribution in [0.2, 0.25) is 0 Å². The predicted molar refractivity (Wildman–Crippen MR) is 92.7 cm³/mol. The minimum Gasteiger partial charge on any atom is -0.267 e. The number of aryl methyl sites for hydroxylation is 2. The van der Waals surface area contributed by atoms with Crippen LogP contribution >= 0.6 is 0 Å². The van der Waals surface area contributed by atoms with Gasteiger partial charge in [-0.25, -0.2) is 5.43 Å². The molecule has 114 valence electrons. The van der Waals surface area contributed by atoms with Crippen LogP contribution in [0.3, 0.4) is 0 Å². The normalized spacial score (nSPS) is 11.0. The first-order chi connectivity index (χ1) is 11.1. The van der Waals surface area contributed by atoms with Gasteiger partial charge in [-0.2, -0.15) is 5.10 Å². The molecular formula is C19H17N3O. The van der Waals surface area contributed by atoms with Gasteiger partial charge in [0.1, 0.15) is 0 Å². The molecule has 4 nitrogen and oxygen atoms in total. The number of para-hydroxylation sites is 1. The van der Waals surface area contributed by atoms with E-state index >= 15 is 0 Å². The topological polar surface area (TPSA) is 54.4 Å². The number of rotatable bonds is 3. The zero-order valence-electron chi connectivity index (χ0n) is 13.1. The smallest absolute Gasteiger partial charge is 0.267 e. The van der Waals surface area contributed by atoms with E-state index < -0.39 is 0 Å². The van der Waals surface area contributed by atoms with Crippen LogP contribution < -0.4 is 5.43 Å². The van der Waals surface area contributed by atoms with Gasteiger partial charge in [0.05, 0.1) is 17.3 Å². The molecule has 0 spiro atoms. The number of carbonyl (C=O) groups excluding carboxylic acids is 1. The lowest BCUT2D eigenvalue weighted by Crippen LogP contribution is -2.18. The van der Waals surface area contributed by atoms with Crippen LogP contribution in [0.1, 0.15) is 27.2 Å². The first-order valence-corrected chi connectivity index (χ1v) is 7.40. The van der Waals surface area contributed by atoms with Gasteiger partial charge < -0.3 is 0 Å². The Hall–Kier alpha value is -3.01. The van der Waals surface area contributed by atoms with Gasteiger partial charge in [0.25, 0.3) is 5.91 Å². The molecule has 0 atom stereocenters. The highest BCUT2D eigenvalue weighted by atomic mass is 16.2. The summed E-state index contributed by atoms with van der Waals surface area (Å²) in [7, 11) is 0. The third-order valence-corrected chi connectivity index (χ3v) is 3.55. The number of nitrogens with zero attached hydrogens (tertiary/aromatic N) is 2. The summed E-state index contributed by atoms with van der Waals surface area (Å²) in [5, 5.41) is 4.86. The molecule has 0 radical (unpaired) electrons. The number of hydrogen-bond donors (Lipinski definition) is 1. The maximum absolute atomic E-state index is 12.4. The Morgan fingerprint density at radius 3 is 2.61 bits per heavy atom. The Labute approximate surface area is 134 Å². The molecule has 0 aliphatic carbocycles. The summed E-state index contributed by atoms with van der Waals surface area (Å²) >= 11 is 0. The van der Waals surface area contributed by atoms with Crippen molar-refractivity contribution in [2.24, 2.45) is 5.10 Å². The van der Waals surface area contributed by atoms with Crippen molar-refractivity contribution in [1.29, 1.82) is 0 Å². The highest BCUT2D eigenvalue weighted by Gasteiger charge is 2.10. The number of nitrogens with one attached hydrogen (secondary N) is 1. The molecule has 23 heavy (non-hydrogen) atoms. The van der Waals surface area contributed by atoms with Crippen LogP contribution in [0.25, 0.3) is 10.9 Å². The van der Waals surface area contributed by atoms with Crippen LogP contribution in [0, 0.1) is 13.8 Å². The van der Waals surface area contributed by atoms with Crippen molar-refractivity contribution in [3.05, 3.63) is 77.0 Å². The Balaban J connectivity index is 1.82. The fourth-order valence-corrected chi connectivity index (χ4v) is 2.37. The van der Waals surface area contributed by atoms with E-state index in [0.29, 0.717) is 5.56 Å². The molecule has 0 saturated carbocycles. The number of pyridine rings is 1. The Morgan fingerprint density at radius 1 is 1.09 bits per heavy atom. The number of aromatic nitrogens is 1. The molecule has 1 amide bonds. The Bertz CT molecular complexity index is 883. The van der Waals surface area contributed by atoms with Crippen molar-refractivity contribution < 1.29 is 4.79 Å². The van der Waals surface area contributed by atoms with Crippen LogP contribution in [-0.2, 0) is 0 Å². The average Bonchev–Trinajstić information content (AvgIpc) is 2.55. The lowest BCUT2D eigenvalue weighted by Gasteiger charge is -2.06. The van der Waals surface area contributed by atoms with Crippen molar-refractivity contribution >= 4 is 23.0 Å². The second-order valence-corrected chi connectivity index (χ2v) is 5.44. The molecule has 1 aromatic heterocycles. The van der Waals surface area contributed by atoms with E-state index in [0.717, 1.165) is 22.2 Å². The van der Waals surface area contributed by atoms with Crippen LogP contribution in [0.5, 0.6) is 0 Å². The van der Waals surface area contributed by atoms with Crippen molar-refractivity contribution in [2.75, 3.05) is 0 Å². The highest BCUT2D eigenvalue weighted by molar-refractivity contribution is 6.06. The molecule has 0 aliphatic heterocycles. The van der Waals surface area contributed by atoms with E-state index in [2.05, 4.69) is 15.5 Å². The summed E-state index contributed by atoms with van der Waals surface area (Å²) in [5.41, 5.74) is 6.89. The lowest BCUT2D eigenvalue weighted by atomic mass is 10.1. The first kappa shape index (κ1) is 14.9. The average molecular weight is 303 g/mol. The number of amides is 1. The molecule has 3 aromatic rings. The summed E-state index contributed by atoms with van der Waals surface area (Å²) in [6.45, 7) is 3.90. The van der Waals surface area contributed by atoms with Gasteiger partial charge >= 0.3 is 0 Å². The van der Waals surface area contributed by atoms with E-state index in [9.17, 15) is 4.79 Å². The molecule has 4 heteroatoms. The zero-order valence-corrected chi connectivity index (χ0v) is 13.1. The van der Waals surface area contributed by atoms with E-state index in [4.69, 9.17) is 0 Å². The third-order valence-electron chi connectivity index (χ3n) is 3.55. The SMILES string of the molecule is Cc1ccc(/C=N/NC(=O)c2cc(C)nc3ccccc23)cc1. The molecule has 1 N–H and O–H groups in total. The van der Waals surface area contributed by atoms with E-state index in [1.165, 1.54) is 5.56 Å². The van der Waals surface area contributed by atoms with Gasteiger partial charge in [0.15, 0.2) is 0 Å². The van der Waals surface area contributed by atoms with Gasteiger partial charge in [-0.3, -0.25) is 9.78 Å². The number of benzene rings is 2. The van der Waals surface area contributed by atoms with Crippen molar-refractivity contribution in [2.45, 2.75) is 13.8 Å². The largest absolute Gasteiger partial charge is 0.272 e. The standard InChI is InChI=1S/C19H17N3O/c1-13-7-9-15(10-8-13)12-20-22-19(23)17-11-14(2)21-18-6-4-3-5-16(17)18/h3-12H,1-2H3,(H,22,23)/b20-12+. The molecule has 0 aliphatic rings. The minimum atomic E-state index is -0.241. The number of carbonyl (C=O) groups is 1. The van der Waals surface area contributed by atoms with E-state index in [1.807, 2.05) is 62.4 Å². The number of hydrazone groups is 1. The molecule has 3 rings (SSSR count). The summed E-state index contributed by atoms with van der Waals surface area (Å²) in [5.74, 6) is -0.241. The van der Waals surface area contributed by atoms with Crippen LogP contribution in [0.15, 0.2) is 59.7 Å². The quantitative estimate of drug-likeness (QED) is 0.593. The zero-order chi connectivity index (χ0) is 16.2. The van der Waals surface area contributed by atoms with Crippen LogP contribution in [-0.4, -0.2) is 17.1 Å². The maximum Gasteiger partial charge on any atom is 0.272 e. The lowest BCUT2D eigenvalue weighted by molar-refractivity contribution is 0.0956. The minimum absolute atomic E-state index is 0.241. The molecule has 1 heterocycles. The Kier molecular flexibility index (Phi) is 4.15. The third kappa shape index (κ3) is 3.43. The van der Waals surface area contributed by atoms with Gasteiger partial charge in [-0.05, 0) is 31.5 Å². The monoisotopic (exact) mass is 303 g/mol. The van der Waals surface area contributed by atoms with E-state index in [-0.39, 0.29) is 5.91 Å². The first-order valence-electron chi connectivity index (χ1n) is 7.40. The summed E-state index contributed by atoms with van der Waals surface area (Å²) in [6, 6.07) is 17.3. The summed E-state index contributed by atoms with van der Waals surface area (Å²) < 4.78 is 0. The Morgan fingerprint density at radius 2 is 1.83 bits per heavy atom. The molecular weight excluding hydrogens is 286 g/mol. The van der Waals surface area contributed by atoms with Gasteiger partial charge in [-0.1, -0.05) is 48.0 Å². The molecule has 0 saturated heterocycles. The van der Waals surface area contributed by atoms with Crippen molar-refractivity contribution in [3.8, 4) is 0 Å². The fourth-order valence-electron chi connectivity index (χ4n) is 2.37.